The zero-order valence-corrected chi connectivity index (χ0v) is 12.8. The van der Waals surface area contributed by atoms with E-state index in [1.54, 1.807) is 20.3 Å². The van der Waals surface area contributed by atoms with Crippen molar-refractivity contribution in [2.24, 2.45) is 0 Å². The van der Waals surface area contributed by atoms with Crippen LogP contribution in [-0.2, 0) is 0 Å². The first-order valence-corrected chi connectivity index (χ1v) is 6.65. The normalized spacial score (nSPS) is 10.7. The summed E-state index contributed by atoms with van der Waals surface area (Å²) in [5.41, 5.74) is 6.78. The average Bonchev–Trinajstić information content (AvgIpc) is 2.51. The maximum absolute atomic E-state index is 6.05. The van der Waals surface area contributed by atoms with Gasteiger partial charge < -0.3 is 25.4 Å². The molecular formula is C14H21N5O2. The first kappa shape index (κ1) is 15.1. The van der Waals surface area contributed by atoms with E-state index in [9.17, 15) is 0 Å². The third kappa shape index (κ3) is 3.08. The van der Waals surface area contributed by atoms with Gasteiger partial charge in [0.05, 0.1) is 19.7 Å². The molecule has 1 aromatic carbocycles. The molecular weight excluding hydrogens is 270 g/mol. The molecule has 114 valence electrons. The topological polar surface area (TPSA) is 85.5 Å². The van der Waals surface area contributed by atoms with E-state index < -0.39 is 0 Å². The molecule has 0 atom stereocenters. The highest BCUT2D eigenvalue weighted by Gasteiger charge is 2.13. The number of anilines is 2. The highest BCUT2D eigenvalue weighted by atomic mass is 16.5. The van der Waals surface area contributed by atoms with Crippen molar-refractivity contribution in [3.05, 3.63) is 12.1 Å². The van der Waals surface area contributed by atoms with E-state index in [2.05, 4.69) is 15.3 Å². The van der Waals surface area contributed by atoms with E-state index in [0.717, 1.165) is 24.0 Å². The molecule has 0 saturated heterocycles. The van der Waals surface area contributed by atoms with Crippen LogP contribution in [-0.4, -0.2) is 51.4 Å². The summed E-state index contributed by atoms with van der Waals surface area (Å²) in [4.78, 5) is 10.8. The fourth-order valence-corrected chi connectivity index (χ4v) is 2.02. The van der Waals surface area contributed by atoms with Crippen LogP contribution >= 0.6 is 0 Å². The van der Waals surface area contributed by atoms with Gasteiger partial charge in [0.15, 0.2) is 11.5 Å². The summed E-state index contributed by atoms with van der Waals surface area (Å²) in [6.45, 7) is 1.62. The van der Waals surface area contributed by atoms with E-state index >= 15 is 0 Å². The van der Waals surface area contributed by atoms with Gasteiger partial charge in [-0.25, -0.2) is 4.98 Å². The molecule has 0 saturated carbocycles. The quantitative estimate of drug-likeness (QED) is 0.817. The molecule has 0 unspecified atom stereocenters. The number of nitrogens with one attached hydrogen (secondary N) is 1. The number of hydrogen-bond acceptors (Lipinski definition) is 7. The predicted molar refractivity (Wildman–Crippen MR) is 84.3 cm³/mol. The van der Waals surface area contributed by atoms with Gasteiger partial charge in [-0.1, -0.05) is 0 Å². The third-order valence-corrected chi connectivity index (χ3v) is 3.26. The lowest BCUT2D eigenvalue weighted by atomic mass is 10.2. The molecule has 7 nitrogen and oxygen atoms in total. The molecule has 7 heteroatoms. The van der Waals surface area contributed by atoms with E-state index in [4.69, 9.17) is 15.2 Å². The molecule has 0 spiro atoms. The lowest BCUT2D eigenvalue weighted by molar-refractivity contribution is 0.356. The van der Waals surface area contributed by atoms with Crippen LogP contribution in [0, 0.1) is 0 Å². The number of hydrogen-bond donors (Lipinski definition) is 2. The van der Waals surface area contributed by atoms with Crippen molar-refractivity contribution in [2.45, 2.75) is 0 Å². The number of nitrogens with two attached hydrogens (primary N) is 1. The second-order valence-corrected chi connectivity index (χ2v) is 4.66. The van der Waals surface area contributed by atoms with E-state index in [1.807, 2.05) is 25.1 Å². The predicted octanol–water partition coefficient (Wildman–Crippen LogP) is 0.885. The molecule has 0 radical (unpaired) electrons. The first-order valence-electron chi connectivity index (χ1n) is 6.65. The number of ether oxygens (including phenoxy) is 2. The van der Waals surface area contributed by atoms with Gasteiger partial charge in [-0.15, -0.1) is 0 Å². The fourth-order valence-electron chi connectivity index (χ4n) is 2.02. The Kier molecular flexibility index (Phi) is 4.64. The van der Waals surface area contributed by atoms with Crippen molar-refractivity contribution in [3.63, 3.8) is 0 Å². The summed E-state index contributed by atoms with van der Waals surface area (Å²) in [7, 11) is 7.01. The van der Waals surface area contributed by atoms with E-state index in [0.29, 0.717) is 23.3 Å². The number of nitrogens with zero attached hydrogens (tertiary/aromatic N) is 3. The summed E-state index contributed by atoms with van der Waals surface area (Å²) in [6, 6.07) is 3.60. The third-order valence-electron chi connectivity index (χ3n) is 3.26. The molecule has 1 heterocycles. The maximum atomic E-state index is 6.05. The summed E-state index contributed by atoms with van der Waals surface area (Å²) >= 11 is 0. The van der Waals surface area contributed by atoms with Crippen molar-refractivity contribution in [3.8, 4) is 11.5 Å². The van der Waals surface area contributed by atoms with Crippen LogP contribution < -0.4 is 25.4 Å². The van der Waals surface area contributed by atoms with Gasteiger partial charge in [-0.05, 0) is 13.1 Å². The lowest BCUT2D eigenvalue weighted by Crippen LogP contribution is -2.28. The minimum atomic E-state index is 0.423. The minimum absolute atomic E-state index is 0.423. The minimum Gasteiger partial charge on any atom is -0.493 e. The SMILES string of the molecule is CNCCN(C)c1nc(N)c2cc(OC)c(OC)cc2n1. The monoisotopic (exact) mass is 291 g/mol. The Morgan fingerprint density at radius 1 is 1.19 bits per heavy atom. The molecule has 2 rings (SSSR count). The van der Waals surface area contributed by atoms with Crippen LogP contribution in [0.3, 0.4) is 0 Å². The Morgan fingerprint density at radius 2 is 1.86 bits per heavy atom. The van der Waals surface area contributed by atoms with Crippen molar-refractivity contribution in [1.29, 1.82) is 0 Å². The molecule has 0 amide bonds. The number of methoxy groups -OCH3 is 2. The molecule has 0 aliphatic heterocycles. The average molecular weight is 291 g/mol. The van der Waals surface area contributed by atoms with Crippen LogP contribution in [0.2, 0.25) is 0 Å². The Labute approximate surface area is 124 Å². The largest absolute Gasteiger partial charge is 0.493 e. The van der Waals surface area contributed by atoms with Crippen LogP contribution in [0.4, 0.5) is 11.8 Å². The molecule has 0 aliphatic carbocycles. The Hall–Kier alpha value is -2.28. The van der Waals surface area contributed by atoms with Gasteiger partial charge >= 0.3 is 0 Å². The van der Waals surface area contributed by atoms with Crippen molar-refractivity contribution >= 4 is 22.7 Å². The molecule has 3 N–H and O–H groups in total. The zero-order valence-electron chi connectivity index (χ0n) is 12.8. The maximum Gasteiger partial charge on any atom is 0.227 e. The smallest absolute Gasteiger partial charge is 0.227 e. The number of aromatic nitrogens is 2. The highest BCUT2D eigenvalue weighted by molar-refractivity contribution is 5.91. The number of rotatable bonds is 6. The van der Waals surface area contributed by atoms with E-state index in [1.165, 1.54) is 0 Å². The number of likely N-dealkylation sites (N-methyl/N-ethyl adjacent to an activating group) is 2. The van der Waals surface area contributed by atoms with Crippen LogP contribution in [0.5, 0.6) is 11.5 Å². The standard InChI is InChI=1S/C14H21N5O2/c1-16-5-6-19(2)14-17-10-8-12(21-4)11(20-3)7-9(10)13(15)18-14/h7-8,16H,5-6H2,1-4H3,(H2,15,17,18). The number of nitrogen functional groups attached to an aromatic ring is 1. The lowest BCUT2D eigenvalue weighted by Gasteiger charge is -2.18. The Morgan fingerprint density at radius 3 is 2.48 bits per heavy atom. The summed E-state index contributed by atoms with van der Waals surface area (Å²) in [6.07, 6.45) is 0. The fraction of sp³-hybridized carbons (Fsp3) is 0.429. The Balaban J connectivity index is 2.49. The van der Waals surface area contributed by atoms with Gasteiger partial charge in [0.1, 0.15) is 5.82 Å². The van der Waals surface area contributed by atoms with Crippen LogP contribution in [0.25, 0.3) is 10.9 Å². The highest BCUT2D eigenvalue weighted by Crippen LogP contribution is 2.33. The summed E-state index contributed by atoms with van der Waals surface area (Å²) in [5, 5.41) is 3.84. The molecule has 0 aliphatic rings. The zero-order chi connectivity index (χ0) is 15.4. The second-order valence-electron chi connectivity index (χ2n) is 4.66. The number of fused-ring (bicyclic) bond motifs is 1. The van der Waals surface area contributed by atoms with Gasteiger partial charge in [-0.2, -0.15) is 4.98 Å². The van der Waals surface area contributed by atoms with Gasteiger partial charge in [-0.3, -0.25) is 0 Å². The van der Waals surface area contributed by atoms with Crippen molar-refractivity contribution in [1.82, 2.24) is 15.3 Å². The molecule has 1 aromatic heterocycles. The van der Waals surface area contributed by atoms with Crippen LogP contribution in [0.15, 0.2) is 12.1 Å². The van der Waals surface area contributed by atoms with E-state index in [-0.39, 0.29) is 0 Å². The van der Waals surface area contributed by atoms with Crippen molar-refractivity contribution in [2.75, 3.05) is 52.0 Å². The van der Waals surface area contributed by atoms with Gasteiger partial charge in [0, 0.05) is 31.6 Å². The molecule has 0 bridgehead atoms. The summed E-state index contributed by atoms with van der Waals surface area (Å²) < 4.78 is 10.6. The molecule has 0 fully saturated rings. The molecule has 2 aromatic rings. The van der Waals surface area contributed by atoms with Crippen LogP contribution in [0.1, 0.15) is 0 Å². The summed E-state index contributed by atoms with van der Waals surface area (Å²) in [5.74, 6) is 2.23. The van der Waals surface area contributed by atoms with Gasteiger partial charge in [0.25, 0.3) is 0 Å². The Bertz CT molecular complexity index is 632. The van der Waals surface area contributed by atoms with Crippen molar-refractivity contribution < 1.29 is 9.47 Å². The number of benzene rings is 1. The first-order chi connectivity index (χ1) is 10.1. The van der Waals surface area contributed by atoms with Gasteiger partial charge in [0.2, 0.25) is 5.95 Å². The molecule has 21 heavy (non-hydrogen) atoms. The second kappa shape index (κ2) is 6.45.